The third-order valence-electron chi connectivity index (χ3n) is 4.88. The molecule has 0 atom stereocenters. The van der Waals surface area contributed by atoms with Crippen molar-refractivity contribution in [2.45, 2.75) is 19.6 Å². The van der Waals surface area contributed by atoms with Crippen LogP contribution in [0.3, 0.4) is 0 Å². The Morgan fingerprint density at radius 3 is 2.58 bits per heavy atom. The largest absolute Gasteiger partial charge is 0.490 e. The van der Waals surface area contributed by atoms with E-state index in [4.69, 9.17) is 21.1 Å². The zero-order chi connectivity index (χ0) is 23.4. The van der Waals surface area contributed by atoms with Crippen LogP contribution in [0.15, 0.2) is 72.9 Å². The van der Waals surface area contributed by atoms with Crippen molar-refractivity contribution >= 4 is 28.2 Å². The highest BCUT2D eigenvalue weighted by Gasteiger charge is 2.30. The summed E-state index contributed by atoms with van der Waals surface area (Å²) in [6.07, 6.45) is -2.75. The summed E-state index contributed by atoms with van der Waals surface area (Å²) in [5, 5.41) is 4.41. The lowest BCUT2D eigenvalue weighted by atomic mass is 10.1. The van der Waals surface area contributed by atoms with Crippen molar-refractivity contribution in [1.29, 1.82) is 0 Å². The number of nitrogens with one attached hydrogen (secondary N) is 1. The van der Waals surface area contributed by atoms with E-state index in [1.165, 1.54) is 6.07 Å². The maximum atomic E-state index is 12.9. The minimum atomic E-state index is -4.39. The molecule has 1 N–H and O–H groups in total. The molecule has 0 radical (unpaired) electrons. The lowest BCUT2D eigenvalue weighted by Gasteiger charge is -2.15. The summed E-state index contributed by atoms with van der Waals surface area (Å²) < 4.78 is 50.7. The minimum Gasteiger partial charge on any atom is -0.490 e. The number of alkyl halides is 3. The average molecular weight is 473 g/mol. The van der Waals surface area contributed by atoms with Crippen LogP contribution in [0.25, 0.3) is 10.9 Å². The number of hydrogen-bond donors (Lipinski definition) is 1. The Labute approximate surface area is 193 Å². The van der Waals surface area contributed by atoms with Crippen molar-refractivity contribution in [3.05, 3.63) is 89.1 Å². The molecule has 0 fully saturated rings. The van der Waals surface area contributed by atoms with Crippen molar-refractivity contribution in [2.24, 2.45) is 0 Å². The highest BCUT2D eigenvalue weighted by atomic mass is 35.5. The molecule has 0 aliphatic heterocycles. The van der Waals surface area contributed by atoms with Gasteiger partial charge in [-0.2, -0.15) is 13.2 Å². The molecule has 0 aliphatic rings. The van der Waals surface area contributed by atoms with E-state index in [1.54, 1.807) is 42.6 Å². The highest BCUT2D eigenvalue weighted by molar-refractivity contribution is 6.31. The zero-order valence-corrected chi connectivity index (χ0v) is 18.4. The number of nitrogens with zero attached hydrogens (tertiary/aromatic N) is 1. The normalized spacial score (nSPS) is 11.4. The molecule has 0 bridgehead atoms. The van der Waals surface area contributed by atoms with Gasteiger partial charge in [0, 0.05) is 28.8 Å². The highest BCUT2D eigenvalue weighted by Crippen LogP contribution is 2.36. The van der Waals surface area contributed by atoms with Crippen LogP contribution in [0.2, 0.25) is 5.02 Å². The van der Waals surface area contributed by atoms with Crippen molar-refractivity contribution in [1.82, 2.24) is 4.98 Å². The Bertz CT molecular complexity index is 1280. The van der Waals surface area contributed by atoms with Crippen LogP contribution in [0, 0.1) is 0 Å². The molecule has 0 spiro atoms. The fourth-order valence-electron chi connectivity index (χ4n) is 3.33. The molecule has 8 heteroatoms. The lowest BCUT2D eigenvalue weighted by molar-refractivity contribution is -0.137. The standard InChI is InChI=1S/C25H20ClF3N2O2/c1-2-32-24-12-16(15-31-19-5-3-4-17(13-19)25(27,28)29)6-9-23(24)33-22-10-11-30-21-14-18(26)7-8-20(21)22/h3-14,31H,2,15H2,1H3. The van der Waals surface area contributed by atoms with E-state index < -0.39 is 11.7 Å². The van der Waals surface area contributed by atoms with Crippen LogP contribution in [0.1, 0.15) is 18.1 Å². The van der Waals surface area contributed by atoms with Crippen LogP contribution in [-0.2, 0) is 12.7 Å². The first-order valence-electron chi connectivity index (χ1n) is 10.2. The summed E-state index contributed by atoms with van der Waals surface area (Å²) in [5.74, 6) is 1.65. The third-order valence-corrected chi connectivity index (χ3v) is 5.11. The molecule has 0 saturated carbocycles. The zero-order valence-electron chi connectivity index (χ0n) is 17.6. The van der Waals surface area contributed by atoms with E-state index in [-0.39, 0.29) is 0 Å². The lowest BCUT2D eigenvalue weighted by Crippen LogP contribution is -2.06. The van der Waals surface area contributed by atoms with Crippen molar-refractivity contribution in [3.8, 4) is 17.2 Å². The summed E-state index contributed by atoms with van der Waals surface area (Å²) in [6.45, 7) is 2.60. The third kappa shape index (κ3) is 5.49. The molecule has 33 heavy (non-hydrogen) atoms. The van der Waals surface area contributed by atoms with Gasteiger partial charge in [-0.1, -0.05) is 23.7 Å². The van der Waals surface area contributed by atoms with Gasteiger partial charge in [0.25, 0.3) is 0 Å². The van der Waals surface area contributed by atoms with E-state index in [1.807, 2.05) is 19.1 Å². The van der Waals surface area contributed by atoms with Gasteiger partial charge in [-0.25, -0.2) is 0 Å². The van der Waals surface area contributed by atoms with E-state index in [0.717, 1.165) is 23.1 Å². The van der Waals surface area contributed by atoms with Gasteiger partial charge >= 0.3 is 6.18 Å². The molecule has 0 unspecified atom stereocenters. The first kappa shape index (κ1) is 22.7. The Morgan fingerprint density at radius 1 is 0.939 bits per heavy atom. The monoisotopic (exact) mass is 472 g/mol. The fourth-order valence-corrected chi connectivity index (χ4v) is 3.49. The summed E-state index contributed by atoms with van der Waals surface area (Å²) in [7, 11) is 0. The molecular weight excluding hydrogens is 453 g/mol. The van der Waals surface area contributed by atoms with E-state index in [2.05, 4.69) is 10.3 Å². The molecule has 1 heterocycles. The number of aromatic nitrogens is 1. The Balaban J connectivity index is 1.55. The van der Waals surface area contributed by atoms with Crippen LogP contribution in [0.5, 0.6) is 17.2 Å². The van der Waals surface area contributed by atoms with Gasteiger partial charge in [-0.05, 0) is 67.1 Å². The summed E-state index contributed by atoms with van der Waals surface area (Å²) in [5.41, 5.74) is 1.22. The van der Waals surface area contributed by atoms with Gasteiger partial charge in [0.1, 0.15) is 5.75 Å². The Hall–Kier alpha value is -3.45. The number of anilines is 1. The maximum Gasteiger partial charge on any atom is 0.416 e. The minimum absolute atomic E-state index is 0.318. The van der Waals surface area contributed by atoms with Crippen molar-refractivity contribution < 1.29 is 22.6 Å². The molecule has 4 nitrogen and oxygen atoms in total. The number of hydrogen-bond acceptors (Lipinski definition) is 4. The molecule has 3 aromatic carbocycles. The fraction of sp³-hybridized carbons (Fsp3) is 0.160. The first-order valence-corrected chi connectivity index (χ1v) is 10.6. The maximum absolute atomic E-state index is 12.9. The molecule has 170 valence electrons. The number of benzene rings is 3. The second kappa shape index (κ2) is 9.58. The van der Waals surface area contributed by atoms with Gasteiger partial charge in [-0.3, -0.25) is 4.98 Å². The Kier molecular flexibility index (Phi) is 6.60. The van der Waals surface area contributed by atoms with Gasteiger partial charge in [-0.15, -0.1) is 0 Å². The summed E-state index contributed by atoms with van der Waals surface area (Å²) in [4.78, 5) is 4.32. The van der Waals surface area contributed by atoms with E-state index >= 15 is 0 Å². The molecule has 0 amide bonds. The quantitative estimate of drug-likeness (QED) is 0.299. The SMILES string of the molecule is CCOc1cc(CNc2cccc(C(F)(F)F)c2)ccc1Oc1ccnc2cc(Cl)ccc12. The summed E-state index contributed by atoms with van der Waals surface area (Å²) in [6, 6.07) is 17.6. The topological polar surface area (TPSA) is 43.4 Å². The number of halogens is 4. The molecule has 0 saturated heterocycles. The van der Waals surface area contributed by atoms with Crippen LogP contribution >= 0.6 is 11.6 Å². The molecule has 0 aliphatic carbocycles. The predicted molar refractivity (Wildman–Crippen MR) is 123 cm³/mol. The smallest absolute Gasteiger partial charge is 0.416 e. The van der Waals surface area contributed by atoms with Gasteiger partial charge in [0.15, 0.2) is 11.5 Å². The average Bonchev–Trinajstić information content (AvgIpc) is 2.79. The number of pyridine rings is 1. The number of rotatable bonds is 7. The van der Waals surface area contributed by atoms with Crippen LogP contribution in [0.4, 0.5) is 18.9 Å². The van der Waals surface area contributed by atoms with Crippen LogP contribution in [-0.4, -0.2) is 11.6 Å². The predicted octanol–water partition coefficient (Wildman–Crippen LogP) is 7.71. The van der Waals surface area contributed by atoms with Crippen LogP contribution < -0.4 is 14.8 Å². The number of ether oxygens (including phenoxy) is 2. The van der Waals surface area contributed by atoms with Gasteiger partial charge < -0.3 is 14.8 Å². The molecular formula is C25H20ClF3N2O2. The first-order chi connectivity index (χ1) is 15.8. The summed E-state index contributed by atoms with van der Waals surface area (Å²) >= 11 is 6.06. The second-order valence-electron chi connectivity index (χ2n) is 7.22. The molecule has 4 aromatic rings. The van der Waals surface area contributed by atoms with Gasteiger partial charge in [0.2, 0.25) is 0 Å². The number of fused-ring (bicyclic) bond motifs is 1. The van der Waals surface area contributed by atoms with Crippen molar-refractivity contribution in [3.63, 3.8) is 0 Å². The molecule has 4 rings (SSSR count). The van der Waals surface area contributed by atoms with Crippen molar-refractivity contribution in [2.75, 3.05) is 11.9 Å². The van der Waals surface area contributed by atoms with E-state index in [9.17, 15) is 13.2 Å². The second-order valence-corrected chi connectivity index (χ2v) is 7.66. The van der Waals surface area contributed by atoms with Gasteiger partial charge in [0.05, 0.1) is 17.7 Å². The Morgan fingerprint density at radius 2 is 1.79 bits per heavy atom. The van der Waals surface area contributed by atoms with E-state index in [0.29, 0.717) is 46.6 Å². The molecule has 1 aromatic heterocycles.